The Morgan fingerprint density at radius 3 is 2.81 bits per heavy atom. The predicted molar refractivity (Wildman–Crippen MR) is 79.8 cm³/mol. The van der Waals surface area contributed by atoms with Gasteiger partial charge in [0, 0.05) is 10.9 Å². The van der Waals surface area contributed by atoms with Gasteiger partial charge in [0.25, 0.3) is 0 Å². The molecule has 106 valence electrons. The summed E-state index contributed by atoms with van der Waals surface area (Å²) in [5, 5.41) is 1.65. The second-order valence-electron chi connectivity index (χ2n) is 4.29. The first-order valence-corrected chi connectivity index (χ1v) is 7.32. The molecule has 5 nitrogen and oxygen atoms in total. The summed E-state index contributed by atoms with van der Waals surface area (Å²) in [6.45, 7) is 2.03. The first-order chi connectivity index (χ1) is 10.3. The number of hydrogen-bond donors (Lipinski definition) is 0. The van der Waals surface area contributed by atoms with E-state index in [0.717, 1.165) is 11.8 Å². The van der Waals surface area contributed by atoms with Crippen LogP contribution in [0.1, 0.15) is 27.9 Å². The topological polar surface area (TPSA) is 60.7 Å². The molecule has 0 spiro atoms. The Morgan fingerprint density at radius 2 is 2.14 bits per heavy atom. The van der Waals surface area contributed by atoms with E-state index in [1.54, 1.807) is 16.7 Å². The van der Waals surface area contributed by atoms with Crippen molar-refractivity contribution >= 4 is 28.6 Å². The average molecular weight is 300 g/mol. The van der Waals surface area contributed by atoms with Gasteiger partial charge in [-0.3, -0.25) is 9.20 Å². The van der Waals surface area contributed by atoms with E-state index >= 15 is 0 Å². The van der Waals surface area contributed by atoms with Crippen LogP contribution < -0.4 is 0 Å². The summed E-state index contributed by atoms with van der Waals surface area (Å²) in [5.74, 6) is -0.455. The molecule has 0 atom stereocenters. The highest BCUT2D eigenvalue weighted by molar-refractivity contribution is 7.15. The van der Waals surface area contributed by atoms with Crippen molar-refractivity contribution in [1.29, 1.82) is 0 Å². The number of aldehydes is 1. The van der Waals surface area contributed by atoms with Gasteiger partial charge in [0.15, 0.2) is 11.2 Å². The van der Waals surface area contributed by atoms with E-state index in [-0.39, 0.29) is 6.61 Å². The Bertz CT molecular complexity index is 805. The van der Waals surface area contributed by atoms with Crippen molar-refractivity contribution < 1.29 is 14.3 Å². The van der Waals surface area contributed by atoms with Gasteiger partial charge in [-0.2, -0.15) is 0 Å². The highest BCUT2D eigenvalue weighted by Crippen LogP contribution is 2.27. The van der Waals surface area contributed by atoms with Crippen molar-refractivity contribution in [2.75, 3.05) is 6.61 Å². The van der Waals surface area contributed by atoms with Crippen molar-refractivity contribution in [3.8, 4) is 11.3 Å². The first-order valence-electron chi connectivity index (χ1n) is 6.44. The van der Waals surface area contributed by atoms with Crippen molar-refractivity contribution in [2.24, 2.45) is 0 Å². The second-order valence-corrected chi connectivity index (χ2v) is 5.13. The molecule has 1 aromatic carbocycles. The van der Waals surface area contributed by atoms with Gasteiger partial charge in [-0.05, 0) is 6.92 Å². The molecule has 3 aromatic rings. The largest absolute Gasteiger partial charge is 0.461 e. The van der Waals surface area contributed by atoms with E-state index in [1.807, 2.05) is 30.3 Å². The van der Waals surface area contributed by atoms with Crippen LogP contribution in [0.4, 0.5) is 0 Å². The van der Waals surface area contributed by atoms with Gasteiger partial charge in [-0.25, -0.2) is 9.78 Å². The zero-order valence-corrected chi connectivity index (χ0v) is 12.1. The number of nitrogens with zero attached hydrogens (tertiary/aromatic N) is 2. The molecular weight excluding hydrogens is 288 g/mol. The van der Waals surface area contributed by atoms with E-state index in [1.165, 1.54) is 11.3 Å². The highest BCUT2D eigenvalue weighted by Gasteiger charge is 2.21. The predicted octanol–water partition coefficient (Wildman–Crippen LogP) is 3.05. The maximum absolute atomic E-state index is 12.0. The minimum Gasteiger partial charge on any atom is -0.461 e. The van der Waals surface area contributed by atoms with Crippen LogP contribution in [0.3, 0.4) is 0 Å². The number of benzene rings is 1. The van der Waals surface area contributed by atoms with Crippen LogP contribution in [0, 0.1) is 0 Å². The third-order valence-electron chi connectivity index (χ3n) is 3.04. The average Bonchev–Trinajstić information content (AvgIpc) is 3.06. The van der Waals surface area contributed by atoms with Gasteiger partial charge in [-0.15, -0.1) is 11.3 Å². The number of thiazole rings is 1. The quantitative estimate of drug-likeness (QED) is 0.549. The maximum atomic E-state index is 12.0. The lowest BCUT2D eigenvalue weighted by atomic mass is 10.1. The highest BCUT2D eigenvalue weighted by atomic mass is 32.1. The number of carbonyl (C=O) groups is 2. The molecule has 0 fully saturated rings. The molecule has 3 rings (SSSR count). The molecule has 0 bridgehead atoms. The molecule has 0 aliphatic rings. The summed E-state index contributed by atoms with van der Waals surface area (Å²) >= 11 is 1.31. The van der Waals surface area contributed by atoms with Crippen LogP contribution in [0.25, 0.3) is 16.2 Å². The van der Waals surface area contributed by atoms with E-state index < -0.39 is 5.97 Å². The Kier molecular flexibility index (Phi) is 3.53. The molecule has 21 heavy (non-hydrogen) atoms. The Morgan fingerprint density at radius 1 is 1.38 bits per heavy atom. The molecule has 0 aliphatic carbocycles. The van der Waals surface area contributed by atoms with Crippen LogP contribution >= 0.6 is 11.3 Å². The van der Waals surface area contributed by atoms with Crippen LogP contribution in [0.5, 0.6) is 0 Å². The van der Waals surface area contributed by atoms with Crippen molar-refractivity contribution in [2.45, 2.75) is 6.92 Å². The zero-order chi connectivity index (χ0) is 14.8. The number of imidazole rings is 1. The second kappa shape index (κ2) is 5.49. The van der Waals surface area contributed by atoms with Gasteiger partial charge in [0.1, 0.15) is 17.1 Å². The maximum Gasteiger partial charge on any atom is 0.356 e. The number of esters is 1. The summed E-state index contributed by atoms with van der Waals surface area (Å²) in [6, 6.07) is 9.41. The first kappa shape index (κ1) is 13.5. The SMILES string of the molecule is CCOC(=O)c1csc2nc(-c3ccccc3)c(C=O)n12. The fourth-order valence-corrected chi connectivity index (χ4v) is 3.01. The molecule has 0 saturated heterocycles. The number of aromatic nitrogens is 2. The lowest BCUT2D eigenvalue weighted by molar-refractivity contribution is 0.0518. The van der Waals surface area contributed by atoms with Crippen molar-refractivity contribution in [1.82, 2.24) is 9.38 Å². The lowest BCUT2D eigenvalue weighted by Gasteiger charge is -2.02. The fourth-order valence-electron chi connectivity index (χ4n) is 2.15. The summed E-state index contributed by atoms with van der Waals surface area (Å²) < 4.78 is 6.57. The van der Waals surface area contributed by atoms with Crippen LogP contribution in [0.2, 0.25) is 0 Å². The zero-order valence-electron chi connectivity index (χ0n) is 11.3. The molecule has 0 aliphatic heterocycles. The van der Waals surface area contributed by atoms with Crippen LogP contribution in [-0.4, -0.2) is 28.2 Å². The molecule has 0 saturated carbocycles. The molecule has 0 amide bonds. The Hall–Kier alpha value is -2.47. The van der Waals surface area contributed by atoms with Crippen molar-refractivity contribution in [3.05, 3.63) is 47.1 Å². The molecule has 2 aromatic heterocycles. The van der Waals surface area contributed by atoms with E-state index in [4.69, 9.17) is 4.74 Å². The third-order valence-corrected chi connectivity index (χ3v) is 3.87. The van der Waals surface area contributed by atoms with E-state index in [9.17, 15) is 9.59 Å². The normalized spacial score (nSPS) is 10.7. The fraction of sp³-hybridized carbons (Fsp3) is 0.133. The summed E-state index contributed by atoms with van der Waals surface area (Å²) in [7, 11) is 0. The minimum atomic E-state index is -0.455. The van der Waals surface area contributed by atoms with E-state index in [2.05, 4.69) is 4.98 Å². The van der Waals surface area contributed by atoms with Crippen molar-refractivity contribution in [3.63, 3.8) is 0 Å². The van der Waals surface area contributed by atoms with Gasteiger partial charge >= 0.3 is 5.97 Å². The Labute approximate surface area is 124 Å². The number of ether oxygens (including phenoxy) is 1. The molecule has 0 unspecified atom stereocenters. The van der Waals surface area contributed by atoms with Crippen LogP contribution in [-0.2, 0) is 4.74 Å². The lowest BCUT2D eigenvalue weighted by Crippen LogP contribution is -2.09. The third kappa shape index (κ3) is 2.23. The number of fused-ring (bicyclic) bond motifs is 1. The summed E-state index contributed by atoms with van der Waals surface area (Å²) in [5.41, 5.74) is 2.10. The smallest absolute Gasteiger partial charge is 0.356 e. The monoisotopic (exact) mass is 300 g/mol. The number of rotatable bonds is 4. The van der Waals surface area contributed by atoms with Gasteiger partial charge in [0.05, 0.1) is 6.61 Å². The molecule has 6 heteroatoms. The molecule has 0 N–H and O–H groups in total. The Balaban J connectivity index is 2.21. The van der Waals surface area contributed by atoms with Gasteiger partial charge in [-0.1, -0.05) is 30.3 Å². The molecule has 2 heterocycles. The van der Waals surface area contributed by atoms with E-state index in [0.29, 0.717) is 22.0 Å². The van der Waals surface area contributed by atoms with Gasteiger partial charge in [0.2, 0.25) is 0 Å². The minimum absolute atomic E-state index is 0.285. The molecular formula is C15H12N2O3S. The molecule has 0 radical (unpaired) electrons. The number of hydrogen-bond acceptors (Lipinski definition) is 5. The summed E-state index contributed by atoms with van der Waals surface area (Å²) in [6.07, 6.45) is 0.720. The van der Waals surface area contributed by atoms with Crippen LogP contribution in [0.15, 0.2) is 35.7 Å². The standard InChI is InChI=1S/C15H12N2O3S/c1-2-20-14(19)12-9-21-15-16-13(11(8-18)17(12)15)10-6-4-3-5-7-10/h3-9H,2H2,1H3. The van der Waals surface area contributed by atoms with Gasteiger partial charge < -0.3 is 4.74 Å². The number of carbonyl (C=O) groups excluding carboxylic acids is 2. The summed E-state index contributed by atoms with van der Waals surface area (Å²) in [4.78, 5) is 28.5.